The van der Waals surface area contributed by atoms with E-state index in [-0.39, 0.29) is 38.5 Å². The summed E-state index contributed by atoms with van der Waals surface area (Å²) in [6.45, 7) is 8.86. The summed E-state index contributed by atoms with van der Waals surface area (Å²) < 4.78 is 39.8. The Kier molecular flexibility index (Phi) is 10.9. The first-order valence-corrected chi connectivity index (χ1v) is 26.1. The second kappa shape index (κ2) is 18.7. The Morgan fingerprint density at radius 3 is 1.75 bits per heavy atom. The summed E-state index contributed by atoms with van der Waals surface area (Å²) in [5.74, 6) is 1.94. The topological polar surface area (TPSA) is 43.4 Å². The van der Waals surface area contributed by atoms with Gasteiger partial charge in [-0.25, -0.2) is 4.98 Å². The van der Waals surface area contributed by atoms with Gasteiger partial charge in [0.15, 0.2) is 0 Å². The SMILES string of the molecule is [2H]C([2H])([2H])c1cc(-n2c3[c-]c(Oc4[c-]c(N5[CH-]N(c6c7c(cc8c9ccccc9n(C)c68)c6ccccc6n7C)c6ccccc65)cc(-c5c(C(C)C)cccc5C(C)C)c4)ccc3c3ccccc32)ncc1-c1ccccc1.[Pt]. The van der Waals surface area contributed by atoms with Crippen LogP contribution >= 0.6 is 0 Å². The number of para-hydroxylation sites is 5. The van der Waals surface area contributed by atoms with E-state index in [0.717, 1.165) is 61.2 Å². The van der Waals surface area contributed by atoms with Gasteiger partial charge in [-0.2, -0.15) is 6.07 Å². The Bertz CT molecular complexity index is 4490. The Morgan fingerprint density at radius 1 is 0.532 bits per heavy atom. The fourth-order valence-electron chi connectivity index (χ4n) is 12.1. The summed E-state index contributed by atoms with van der Waals surface area (Å²) >= 11 is 0. The molecule has 380 valence electrons. The maximum Gasteiger partial charge on any atom is 0.135 e. The minimum absolute atomic E-state index is 0. The van der Waals surface area contributed by atoms with E-state index in [1.54, 1.807) is 12.3 Å². The molecule has 13 aromatic rings. The van der Waals surface area contributed by atoms with Crippen molar-refractivity contribution in [2.75, 3.05) is 9.80 Å². The molecule has 7 nitrogen and oxygen atoms in total. The van der Waals surface area contributed by atoms with Crippen LogP contribution in [-0.4, -0.2) is 18.7 Å². The van der Waals surface area contributed by atoms with Gasteiger partial charge < -0.3 is 28.2 Å². The fraction of sp³-hybridized carbons (Fsp3) is 0.130. The molecule has 0 atom stereocenters. The molecule has 0 fully saturated rings. The first-order chi connectivity index (χ1) is 38.3. The van der Waals surface area contributed by atoms with Crippen LogP contribution in [0.15, 0.2) is 188 Å². The Hall–Kier alpha value is -8.38. The summed E-state index contributed by atoms with van der Waals surface area (Å²) in [7, 11) is 4.37. The molecular weight excluding hydrogens is 1120 g/mol. The Labute approximate surface area is 467 Å². The second-order valence-corrected chi connectivity index (χ2v) is 20.7. The number of anilines is 4. The van der Waals surface area contributed by atoms with Crippen LogP contribution in [0.4, 0.5) is 22.7 Å². The number of aryl methyl sites for hydroxylation is 3. The molecule has 77 heavy (non-hydrogen) atoms. The number of hydrogen-bond donors (Lipinski definition) is 0. The van der Waals surface area contributed by atoms with Crippen molar-refractivity contribution in [3.05, 3.63) is 224 Å². The van der Waals surface area contributed by atoms with Crippen molar-refractivity contribution < 1.29 is 29.9 Å². The summed E-state index contributed by atoms with van der Waals surface area (Å²) in [5, 5.41) is 6.73. The minimum atomic E-state index is -2.41. The van der Waals surface area contributed by atoms with E-state index >= 15 is 0 Å². The van der Waals surface area contributed by atoms with Crippen molar-refractivity contribution in [1.29, 1.82) is 0 Å². The monoisotopic (exact) mass is 1180 g/mol. The summed E-state index contributed by atoms with van der Waals surface area (Å²) in [6, 6.07) is 70.3. The number of aromatic nitrogens is 4. The molecule has 0 amide bonds. The maximum atomic E-state index is 8.67. The van der Waals surface area contributed by atoms with Gasteiger partial charge in [0, 0.05) is 112 Å². The molecule has 1 aliphatic rings. The zero-order chi connectivity index (χ0) is 54.0. The van der Waals surface area contributed by atoms with E-state index in [0.29, 0.717) is 28.4 Å². The standard InChI is InChI=1S/C69H55N6O.Pt/c1-42(2)50-25-19-26-51(43(3)4)66(50)46-35-47(37-49(36-46)76-48-32-33-55-52-22-13-16-29-61(52)75(64(55)38-48)65-34-44(5)58(40-70-65)45-20-9-8-10-21-45)73-41-74(63-31-18-17-30-62(63)73)69-67-56(53-23-11-14-27-59(53)71(67)6)39-57-54-24-12-15-28-60(54)72(7)68(57)69;/h8-36,39-43H,1-7H3;/q-3;/i5D3;. The molecule has 0 saturated carbocycles. The number of pyridine rings is 1. The average molecular weight is 1180 g/mol. The average Bonchev–Trinajstić information content (AvgIpc) is 4.36. The predicted molar refractivity (Wildman–Crippen MR) is 316 cm³/mol. The molecule has 0 radical (unpaired) electrons. The first-order valence-electron chi connectivity index (χ1n) is 27.6. The van der Waals surface area contributed by atoms with E-state index in [1.807, 2.05) is 59.2 Å². The van der Waals surface area contributed by atoms with Crippen molar-refractivity contribution in [2.24, 2.45) is 14.1 Å². The van der Waals surface area contributed by atoms with Gasteiger partial charge in [0.25, 0.3) is 0 Å². The van der Waals surface area contributed by atoms with Crippen LogP contribution in [0.25, 0.3) is 93.5 Å². The van der Waals surface area contributed by atoms with Crippen molar-refractivity contribution in [2.45, 2.75) is 46.4 Å². The van der Waals surface area contributed by atoms with Gasteiger partial charge >= 0.3 is 0 Å². The Balaban J connectivity index is 0.00000605. The van der Waals surface area contributed by atoms with E-state index in [1.165, 1.54) is 49.3 Å². The van der Waals surface area contributed by atoms with Gasteiger partial charge in [0.1, 0.15) is 5.82 Å². The number of benzene rings is 9. The molecule has 0 saturated heterocycles. The van der Waals surface area contributed by atoms with E-state index < -0.39 is 6.85 Å². The second-order valence-electron chi connectivity index (χ2n) is 20.7. The van der Waals surface area contributed by atoms with Crippen LogP contribution in [0.1, 0.15) is 60.3 Å². The molecule has 0 aliphatic carbocycles. The molecule has 1 aliphatic heterocycles. The van der Waals surface area contributed by atoms with E-state index in [2.05, 4.69) is 201 Å². The predicted octanol–water partition coefficient (Wildman–Crippen LogP) is 18.2. The maximum absolute atomic E-state index is 8.67. The molecule has 0 bridgehead atoms. The van der Waals surface area contributed by atoms with Gasteiger partial charge in [0.05, 0.1) is 16.7 Å². The zero-order valence-corrected chi connectivity index (χ0v) is 45.8. The normalized spacial score (nSPS) is 13.4. The van der Waals surface area contributed by atoms with Crippen LogP contribution in [0.2, 0.25) is 0 Å². The van der Waals surface area contributed by atoms with Gasteiger partial charge in [-0.05, 0) is 94.4 Å². The molecule has 5 heterocycles. The number of rotatable bonds is 9. The fourth-order valence-corrected chi connectivity index (χ4v) is 12.1. The van der Waals surface area contributed by atoms with Gasteiger partial charge in [0.2, 0.25) is 0 Å². The zero-order valence-electron chi connectivity index (χ0n) is 46.5. The number of ether oxygens (including phenoxy) is 1. The van der Waals surface area contributed by atoms with Crippen LogP contribution in [0.5, 0.6) is 11.5 Å². The number of nitrogens with zero attached hydrogens (tertiary/aromatic N) is 6. The van der Waals surface area contributed by atoms with Crippen molar-refractivity contribution in [1.82, 2.24) is 18.7 Å². The van der Waals surface area contributed by atoms with Crippen molar-refractivity contribution >= 4 is 88.2 Å². The summed E-state index contributed by atoms with van der Waals surface area (Å²) in [4.78, 5) is 9.60. The minimum Gasteiger partial charge on any atom is -0.509 e. The van der Waals surface area contributed by atoms with E-state index in [9.17, 15) is 0 Å². The summed E-state index contributed by atoms with van der Waals surface area (Å²) in [5.41, 5.74) is 16.4. The van der Waals surface area contributed by atoms with Crippen molar-refractivity contribution in [3.63, 3.8) is 0 Å². The number of hydrogen-bond acceptors (Lipinski definition) is 4. The van der Waals surface area contributed by atoms with Gasteiger partial charge in [-0.1, -0.05) is 148 Å². The molecular formula is C69H55N6OPt-3. The molecule has 4 aromatic heterocycles. The van der Waals surface area contributed by atoms with Crippen LogP contribution in [0.3, 0.4) is 0 Å². The molecule has 0 N–H and O–H groups in total. The third-order valence-corrected chi connectivity index (χ3v) is 15.6. The molecule has 9 aromatic carbocycles. The third-order valence-electron chi connectivity index (χ3n) is 15.6. The van der Waals surface area contributed by atoms with Crippen LogP contribution in [-0.2, 0) is 35.2 Å². The first kappa shape index (κ1) is 44.9. The van der Waals surface area contributed by atoms with Crippen LogP contribution in [0, 0.1) is 25.7 Å². The summed E-state index contributed by atoms with van der Waals surface area (Å²) in [6.07, 6.45) is 1.68. The Morgan fingerprint density at radius 2 is 1.12 bits per heavy atom. The molecule has 8 heteroatoms. The molecule has 0 spiro atoms. The van der Waals surface area contributed by atoms with Crippen LogP contribution < -0.4 is 14.5 Å². The van der Waals surface area contributed by atoms with Crippen molar-refractivity contribution in [3.8, 4) is 39.6 Å². The van der Waals surface area contributed by atoms with Gasteiger partial charge in [-0.3, -0.25) is 0 Å². The number of fused-ring (bicyclic) bond motifs is 10. The quantitative estimate of drug-likeness (QED) is 0.135. The smallest absolute Gasteiger partial charge is 0.135 e. The largest absolute Gasteiger partial charge is 0.509 e. The van der Waals surface area contributed by atoms with Gasteiger partial charge in [-0.15, -0.1) is 53.6 Å². The van der Waals surface area contributed by atoms with E-state index in [4.69, 9.17) is 13.8 Å². The molecule has 0 unspecified atom stereocenters. The molecule has 14 rings (SSSR count). The third kappa shape index (κ3) is 7.61.